The quantitative estimate of drug-likeness (QED) is 0.403. The Hall–Kier alpha value is -3.78. The molecule has 0 saturated heterocycles. The van der Waals surface area contributed by atoms with Crippen molar-refractivity contribution in [3.05, 3.63) is 88.5 Å². The van der Waals surface area contributed by atoms with Gasteiger partial charge in [0.05, 0.1) is 23.6 Å². The number of ether oxygens (including phenoxy) is 1. The van der Waals surface area contributed by atoms with E-state index in [1.807, 2.05) is 30.3 Å². The van der Waals surface area contributed by atoms with E-state index < -0.39 is 18.5 Å². The molecule has 1 amide bonds. The minimum absolute atomic E-state index is 0.263. The highest BCUT2D eigenvalue weighted by molar-refractivity contribution is 6.31. The van der Waals surface area contributed by atoms with Crippen LogP contribution in [-0.2, 0) is 14.3 Å². The van der Waals surface area contributed by atoms with Gasteiger partial charge in [-0.1, -0.05) is 41.9 Å². The number of hydrogen-bond acceptors (Lipinski definition) is 5. The van der Waals surface area contributed by atoms with Crippen molar-refractivity contribution in [2.24, 2.45) is 5.10 Å². The fraction of sp³-hybridized carbons (Fsp3) is 0.167. The number of benzene rings is 2. The molecule has 0 bridgehead atoms. The number of hydrazone groups is 1. The number of esters is 1. The lowest BCUT2D eigenvalue weighted by molar-refractivity contribution is -0.147. The fourth-order valence-electron chi connectivity index (χ4n) is 3.33. The highest BCUT2D eigenvalue weighted by Crippen LogP contribution is 2.25. The van der Waals surface area contributed by atoms with E-state index in [1.165, 1.54) is 34.0 Å². The molecular formula is C24H20ClFN4O3. The number of hydrogen-bond donors (Lipinski definition) is 0. The molecule has 0 unspecified atom stereocenters. The Labute approximate surface area is 194 Å². The normalized spacial score (nSPS) is 13.4. The second-order valence-corrected chi connectivity index (χ2v) is 7.66. The first-order valence-electron chi connectivity index (χ1n) is 10.2. The number of carbonyl (C=O) groups is 2. The van der Waals surface area contributed by atoms with Crippen molar-refractivity contribution in [3.63, 3.8) is 0 Å². The number of carbonyl (C=O) groups excluding carboxylic acids is 2. The number of halogens is 2. The van der Waals surface area contributed by atoms with Gasteiger partial charge in [0.15, 0.2) is 6.61 Å². The average molecular weight is 467 g/mol. The highest BCUT2D eigenvalue weighted by atomic mass is 35.5. The van der Waals surface area contributed by atoms with Crippen LogP contribution in [0.25, 0.3) is 11.8 Å². The molecule has 1 aliphatic heterocycles. The summed E-state index contributed by atoms with van der Waals surface area (Å²) >= 11 is 6.39. The molecule has 0 atom stereocenters. The Kier molecular flexibility index (Phi) is 6.65. The lowest BCUT2D eigenvalue weighted by Crippen LogP contribution is -2.28. The summed E-state index contributed by atoms with van der Waals surface area (Å²) in [5.41, 5.74) is 3.45. The monoisotopic (exact) mass is 466 g/mol. The predicted molar refractivity (Wildman–Crippen MR) is 123 cm³/mol. The third-order valence-electron chi connectivity index (χ3n) is 5.04. The third kappa shape index (κ3) is 5.18. The maximum atomic E-state index is 13.2. The number of rotatable bonds is 6. The lowest BCUT2D eigenvalue weighted by Gasteiger charge is -2.10. The van der Waals surface area contributed by atoms with Crippen molar-refractivity contribution in [1.29, 1.82) is 0 Å². The Bertz CT molecular complexity index is 1240. The molecule has 4 rings (SSSR count). The molecule has 1 aromatic heterocycles. The van der Waals surface area contributed by atoms with Crippen LogP contribution in [-0.4, -0.2) is 45.5 Å². The van der Waals surface area contributed by atoms with E-state index in [9.17, 15) is 14.0 Å². The van der Waals surface area contributed by atoms with Crippen LogP contribution in [0, 0.1) is 12.7 Å². The summed E-state index contributed by atoms with van der Waals surface area (Å²) in [6, 6.07) is 15.3. The van der Waals surface area contributed by atoms with E-state index in [2.05, 4.69) is 10.2 Å². The molecule has 9 heteroatoms. The summed E-state index contributed by atoms with van der Waals surface area (Å²) in [7, 11) is 0. The standard InChI is InChI=1S/C24H20ClFN4O3/c1-16-20(24(25)30(27-16)19-9-7-18(26)8-10-19)11-12-23(32)33-15-22(31)29-14-13-21(28-29)17-5-3-2-4-6-17/h2-12H,13-15H2,1H3/b12-11+. The molecule has 0 fully saturated rings. The van der Waals surface area contributed by atoms with Crippen LogP contribution in [0.1, 0.15) is 23.2 Å². The van der Waals surface area contributed by atoms with Gasteiger partial charge < -0.3 is 4.74 Å². The van der Waals surface area contributed by atoms with Gasteiger partial charge in [-0.3, -0.25) is 4.79 Å². The molecule has 7 nitrogen and oxygen atoms in total. The maximum Gasteiger partial charge on any atom is 0.331 e. The van der Waals surface area contributed by atoms with Gasteiger partial charge in [-0.15, -0.1) is 0 Å². The minimum atomic E-state index is -0.695. The minimum Gasteiger partial charge on any atom is -0.452 e. The molecule has 2 aromatic carbocycles. The number of amides is 1. The van der Waals surface area contributed by atoms with Crippen LogP contribution < -0.4 is 0 Å². The molecule has 0 radical (unpaired) electrons. The molecule has 0 saturated carbocycles. The van der Waals surface area contributed by atoms with Crippen molar-refractivity contribution in [3.8, 4) is 5.69 Å². The summed E-state index contributed by atoms with van der Waals surface area (Å²) in [6.07, 6.45) is 3.29. The molecule has 0 aliphatic carbocycles. The molecule has 33 heavy (non-hydrogen) atoms. The molecule has 0 spiro atoms. The average Bonchev–Trinajstić information content (AvgIpc) is 3.42. The molecule has 1 aliphatic rings. The molecule has 168 valence electrons. The number of aryl methyl sites for hydroxylation is 1. The summed E-state index contributed by atoms with van der Waals surface area (Å²) in [6.45, 7) is 1.75. The SMILES string of the molecule is Cc1nn(-c2ccc(F)cc2)c(Cl)c1/C=C/C(=O)OCC(=O)N1CCC(c2ccccc2)=N1. The Morgan fingerprint density at radius 3 is 2.61 bits per heavy atom. The van der Waals surface area contributed by atoms with Crippen LogP contribution in [0.15, 0.2) is 65.8 Å². The summed E-state index contributed by atoms with van der Waals surface area (Å²) in [5, 5.41) is 10.2. The maximum absolute atomic E-state index is 13.2. The van der Waals surface area contributed by atoms with Crippen molar-refractivity contribution >= 4 is 35.3 Å². The zero-order chi connectivity index (χ0) is 23.4. The Morgan fingerprint density at radius 1 is 1.15 bits per heavy atom. The predicted octanol–water partition coefficient (Wildman–Crippen LogP) is 4.17. The van der Waals surface area contributed by atoms with Gasteiger partial charge in [0, 0.05) is 18.1 Å². The number of aromatic nitrogens is 2. The Balaban J connectivity index is 1.36. The van der Waals surface area contributed by atoms with Crippen molar-refractivity contribution in [2.75, 3.05) is 13.2 Å². The summed E-state index contributed by atoms with van der Waals surface area (Å²) in [4.78, 5) is 24.5. The smallest absolute Gasteiger partial charge is 0.331 e. The second-order valence-electron chi connectivity index (χ2n) is 7.30. The summed E-state index contributed by atoms with van der Waals surface area (Å²) in [5.74, 6) is -1.46. The summed E-state index contributed by atoms with van der Waals surface area (Å²) < 4.78 is 19.7. The van der Waals surface area contributed by atoms with E-state index in [1.54, 1.807) is 19.1 Å². The zero-order valence-electron chi connectivity index (χ0n) is 17.7. The van der Waals surface area contributed by atoms with E-state index in [0.717, 1.165) is 11.3 Å². The first-order chi connectivity index (χ1) is 15.9. The Morgan fingerprint density at radius 2 is 1.88 bits per heavy atom. The van der Waals surface area contributed by atoms with E-state index in [4.69, 9.17) is 16.3 Å². The molecular weight excluding hydrogens is 447 g/mol. The molecule has 0 N–H and O–H groups in total. The fourth-order valence-corrected chi connectivity index (χ4v) is 3.67. The first-order valence-corrected chi connectivity index (χ1v) is 10.6. The van der Waals surface area contributed by atoms with Crippen molar-refractivity contribution in [2.45, 2.75) is 13.3 Å². The van der Waals surface area contributed by atoms with Crippen molar-refractivity contribution in [1.82, 2.24) is 14.8 Å². The van der Waals surface area contributed by atoms with Crippen LogP contribution in [0.5, 0.6) is 0 Å². The van der Waals surface area contributed by atoms with Gasteiger partial charge in [0.2, 0.25) is 0 Å². The van der Waals surface area contributed by atoms with Crippen LogP contribution >= 0.6 is 11.6 Å². The molecule has 2 heterocycles. The van der Waals surface area contributed by atoms with E-state index in [-0.39, 0.29) is 11.0 Å². The van der Waals surface area contributed by atoms with Gasteiger partial charge in [-0.25, -0.2) is 18.9 Å². The number of nitrogens with zero attached hydrogens (tertiary/aromatic N) is 4. The van der Waals surface area contributed by atoms with E-state index in [0.29, 0.717) is 29.9 Å². The van der Waals surface area contributed by atoms with Gasteiger partial charge in [0.25, 0.3) is 5.91 Å². The first kappa shape index (κ1) is 22.4. The second kappa shape index (κ2) is 9.79. The highest BCUT2D eigenvalue weighted by Gasteiger charge is 2.22. The topological polar surface area (TPSA) is 76.8 Å². The zero-order valence-corrected chi connectivity index (χ0v) is 18.5. The molecule has 3 aromatic rings. The van der Waals surface area contributed by atoms with Crippen LogP contribution in [0.2, 0.25) is 5.15 Å². The lowest BCUT2D eigenvalue weighted by atomic mass is 10.1. The van der Waals surface area contributed by atoms with Crippen LogP contribution in [0.4, 0.5) is 4.39 Å². The van der Waals surface area contributed by atoms with Gasteiger partial charge >= 0.3 is 5.97 Å². The van der Waals surface area contributed by atoms with Gasteiger partial charge in [-0.2, -0.15) is 10.2 Å². The third-order valence-corrected chi connectivity index (χ3v) is 5.40. The van der Waals surface area contributed by atoms with Crippen molar-refractivity contribution < 1.29 is 18.7 Å². The van der Waals surface area contributed by atoms with Gasteiger partial charge in [-0.05, 0) is 42.8 Å². The van der Waals surface area contributed by atoms with Crippen LogP contribution in [0.3, 0.4) is 0 Å². The van der Waals surface area contributed by atoms with Gasteiger partial charge in [0.1, 0.15) is 11.0 Å². The largest absolute Gasteiger partial charge is 0.452 e. The van der Waals surface area contributed by atoms with E-state index >= 15 is 0 Å².